The Kier molecular flexibility index (Phi) is 5.15. The molecule has 2 rings (SSSR count). The van der Waals surface area contributed by atoms with E-state index >= 15 is 0 Å². The zero-order valence-electron chi connectivity index (χ0n) is 11.2. The number of rotatable bonds is 7. The number of ether oxygens (including phenoxy) is 3. The normalized spacial score (nSPS) is 10.1. The summed E-state index contributed by atoms with van der Waals surface area (Å²) in [5.74, 6) is 1.89. The fourth-order valence-electron chi connectivity index (χ4n) is 1.62. The highest BCUT2D eigenvalue weighted by molar-refractivity contribution is 5.81. The van der Waals surface area contributed by atoms with Gasteiger partial charge in [0.2, 0.25) is 0 Å². The quantitative estimate of drug-likeness (QED) is 0.777. The third kappa shape index (κ3) is 4.40. The van der Waals surface area contributed by atoms with E-state index in [0.29, 0.717) is 11.5 Å². The van der Waals surface area contributed by atoms with Crippen LogP contribution in [0.25, 0.3) is 0 Å². The molecule has 0 heterocycles. The predicted molar refractivity (Wildman–Crippen MR) is 75.3 cm³/mol. The molecule has 0 aliphatic carbocycles. The van der Waals surface area contributed by atoms with E-state index in [2.05, 4.69) is 0 Å². The largest absolute Gasteiger partial charge is 0.486 e. The first kappa shape index (κ1) is 14.1. The standard InChI is InChI=1S/C16H16O4/c1-18-11-13(17)12-19-15-8-5-9-16(10-15)20-14-6-3-2-4-7-14/h2-10H,11-12H2,1H3. The van der Waals surface area contributed by atoms with Crippen molar-refractivity contribution in [3.05, 3.63) is 54.6 Å². The number of ketones is 1. The third-order valence-electron chi connectivity index (χ3n) is 2.49. The lowest BCUT2D eigenvalue weighted by Crippen LogP contribution is -2.16. The molecular weight excluding hydrogens is 256 g/mol. The molecule has 0 aliphatic rings. The van der Waals surface area contributed by atoms with Crippen LogP contribution in [0, 0.1) is 0 Å². The van der Waals surface area contributed by atoms with Gasteiger partial charge in [0, 0.05) is 13.2 Å². The molecule has 0 aromatic heterocycles. The van der Waals surface area contributed by atoms with E-state index in [1.807, 2.05) is 42.5 Å². The van der Waals surface area contributed by atoms with E-state index in [-0.39, 0.29) is 19.0 Å². The maximum atomic E-state index is 11.3. The molecule has 0 unspecified atom stereocenters. The van der Waals surface area contributed by atoms with E-state index in [9.17, 15) is 4.79 Å². The summed E-state index contributed by atoms with van der Waals surface area (Å²) in [5.41, 5.74) is 0. The number of benzene rings is 2. The average molecular weight is 272 g/mol. The van der Waals surface area contributed by atoms with Crippen LogP contribution < -0.4 is 9.47 Å². The Morgan fingerprint density at radius 2 is 1.60 bits per heavy atom. The van der Waals surface area contributed by atoms with E-state index < -0.39 is 0 Å². The van der Waals surface area contributed by atoms with Crippen molar-refractivity contribution in [2.75, 3.05) is 20.3 Å². The molecule has 0 aliphatic heterocycles. The number of carbonyl (C=O) groups is 1. The summed E-state index contributed by atoms with van der Waals surface area (Å²) < 4.78 is 15.8. The van der Waals surface area contributed by atoms with Crippen LogP contribution in [0.3, 0.4) is 0 Å². The SMILES string of the molecule is COCC(=O)COc1cccc(Oc2ccccc2)c1. The summed E-state index contributed by atoms with van der Waals surface area (Å²) >= 11 is 0. The Hall–Kier alpha value is -2.33. The van der Waals surface area contributed by atoms with Crippen molar-refractivity contribution in [1.82, 2.24) is 0 Å². The molecule has 0 atom stereocenters. The second-order valence-electron chi connectivity index (χ2n) is 4.15. The van der Waals surface area contributed by atoms with Crippen LogP contribution in [-0.4, -0.2) is 26.1 Å². The molecule has 0 N–H and O–H groups in total. The highest BCUT2D eigenvalue weighted by Gasteiger charge is 2.04. The topological polar surface area (TPSA) is 44.8 Å². The maximum absolute atomic E-state index is 11.3. The lowest BCUT2D eigenvalue weighted by molar-refractivity contribution is -0.124. The van der Waals surface area contributed by atoms with Gasteiger partial charge in [-0.25, -0.2) is 0 Å². The molecule has 0 spiro atoms. The smallest absolute Gasteiger partial charge is 0.195 e. The molecule has 0 saturated carbocycles. The van der Waals surface area contributed by atoms with Crippen LogP contribution in [-0.2, 0) is 9.53 Å². The van der Waals surface area contributed by atoms with E-state index in [4.69, 9.17) is 14.2 Å². The second kappa shape index (κ2) is 7.31. The maximum Gasteiger partial charge on any atom is 0.195 e. The van der Waals surface area contributed by atoms with Crippen LogP contribution in [0.5, 0.6) is 17.2 Å². The zero-order chi connectivity index (χ0) is 14.2. The van der Waals surface area contributed by atoms with Gasteiger partial charge < -0.3 is 14.2 Å². The molecule has 2 aromatic carbocycles. The monoisotopic (exact) mass is 272 g/mol. The van der Waals surface area contributed by atoms with Gasteiger partial charge in [-0.05, 0) is 24.3 Å². The minimum atomic E-state index is -0.109. The molecule has 2 aromatic rings. The van der Waals surface area contributed by atoms with Gasteiger partial charge in [-0.15, -0.1) is 0 Å². The Balaban J connectivity index is 1.96. The van der Waals surface area contributed by atoms with Crippen molar-refractivity contribution in [3.8, 4) is 17.2 Å². The number of Topliss-reactive ketones (excluding diaryl/α,β-unsaturated/α-hetero) is 1. The Morgan fingerprint density at radius 3 is 2.35 bits per heavy atom. The van der Waals surface area contributed by atoms with Gasteiger partial charge in [0.25, 0.3) is 0 Å². The van der Waals surface area contributed by atoms with Crippen molar-refractivity contribution >= 4 is 5.78 Å². The number of hydrogen-bond donors (Lipinski definition) is 0. The first-order valence-electron chi connectivity index (χ1n) is 6.24. The van der Waals surface area contributed by atoms with Gasteiger partial charge in [0.05, 0.1) is 0 Å². The van der Waals surface area contributed by atoms with Gasteiger partial charge in [-0.1, -0.05) is 24.3 Å². The summed E-state index contributed by atoms with van der Waals surface area (Å²) in [7, 11) is 1.48. The van der Waals surface area contributed by atoms with Gasteiger partial charge in [-0.2, -0.15) is 0 Å². The van der Waals surface area contributed by atoms with Crippen LogP contribution in [0.15, 0.2) is 54.6 Å². The lowest BCUT2D eigenvalue weighted by Gasteiger charge is -2.08. The summed E-state index contributed by atoms with van der Waals surface area (Å²) in [4.78, 5) is 11.3. The molecule has 4 nitrogen and oxygen atoms in total. The fourth-order valence-corrected chi connectivity index (χ4v) is 1.62. The van der Waals surface area contributed by atoms with Crippen LogP contribution >= 0.6 is 0 Å². The number of para-hydroxylation sites is 1. The lowest BCUT2D eigenvalue weighted by atomic mass is 10.3. The first-order chi connectivity index (χ1) is 9.78. The van der Waals surface area contributed by atoms with Crippen LogP contribution in [0.2, 0.25) is 0 Å². The highest BCUT2D eigenvalue weighted by Crippen LogP contribution is 2.24. The van der Waals surface area contributed by atoms with E-state index in [1.54, 1.807) is 12.1 Å². The molecule has 0 saturated heterocycles. The second-order valence-corrected chi connectivity index (χ2v) is 4.15. The molecule has 0 radical (unpaired) electrons. The Labute approximate surface area is 117 Å². The molecule has 4 heteroatoms. The molecular formula is C16H16O4. The third-order valence-corrected chi connectivity index (χ3v) is 2.49. The van der Waals surface area contributed by atoms with Crippen molar-refractivity contribution in [2.45, 2.75) is 0 Å². The number of carbonyl (C=O) groups excluding carboxylic acids is 1. The number of methoxy groups -OCH3 is 1. The van der Waals surface area contributed by atoms with E-state index in [0.717, 1.165) is 5.75 Å². The summed E-state index contributed by atoms with van der Waals surface area (Å²) in [6.07, 6.45) is 0. The van der Waals surface area contributed by atoms with Gasteiger partial charge in [0.15, 0.2) is 5.78 Å². The fraction of sp³-hybridized carbons (Fsp3) is 0.188. The molecule has 104 valence electrons. The minimum absolute atomic E-state index is 0.0113. The van der Waals surface area contributed by atoms with Crippen molar-refractivity contribution in [1.29, 1.82) is 0 Å². The summed E-state index contributed by atoms with van der Waals surface area (Å²) in [6.45, 7) is 0.0445. The van der Waals surface area contributed by atoms with E-state index in [1.165, 1.54) is 7.11 Å². The van der Waals surface area contributed by atoms with Crippen LogP contribution in [0.1, 0.15) is 0 Å². The zero-order valence-corrected chi connectivity index (χ0v) is 11.2. The molecule has 20 heavy (non-hydrogen) atoms. The molecule has 0 fully saturated rings. The first-order valence-corrected chi connectivity index (χ1v) is 6.24. The minimum Gasteiger partial charge on any atom is -0.486 e. The van der Waals surface area contributed by atoms with Crippen molar-refractivity contribution in [2.24, 2.45) is 0 Å². The molecule has 0 bridgehead atoms. The van der Waals surface area contributed by atoms with Crippen molar-refractivity contribution < 1.29 is 19.0 Å². The van der Waals surface area contributed by atoms with Crippen LogP contribution in [0.4, 0.5) is 0 Å². The number of hydrogen-bond acceptors (Lipinski definition) is 4. The summed E-state index contributed by atoms with van der Waals surface area (Å²) in [5, 5.41) is 0. The average Bonchev–Trinajstić information content (AvgIpc) is 2.47. The van der Waals surface area contributed by atoms with Gasteiger partial charge >= 0.3 is 0 Å². The van der Waals surface area contributed by atoms with Crippen molar-refractivity contribution in [3.63, 3.8) is 0 Å². The Bertz CT molecular complexity index is 551. The predicted octanol–water partition coefficient (Wildman–Crippen LogP) is 3.07. The highest BCUT2D eigenvalue weighted by atomic mass is 16.5. The van der Waals surface area contributed by atoms with Gasteiger partial charge in [-0.3, -0.25) is 4.79 Å². The Morgan fingerprint density at radius 1 is 0.900 bits per heavy atom. The molecule has 0 amide bonds. The van der Waals surface area contributed by atoms with Gasteiger partial charge in [0.1, 0.15) is 30.5 Å². The summed E-state index contributed by atoms with van der Waals surface area (Å²) in [6, 6.07) is 16.6.